The van der Waals surface area contributed by atoms with Crippen LogP contribution in [0.2, 0.25) is 0 Å². The van der Waals surface area contributed by atoms with E-state index in [1.807, 2.05) is 47.4 Å². The average Bonchev–Trinajstić information content (AvgIpc) is 3.22. The van der Waals surface area contributed by atoms with E-state index in [1.165, 1.54) is 5.56 Å². The lowest BCUT2D eigenvalue weighted by Crippen LogP contribution is -2.28. The molecule has 1 aliphatic rings. The van der Waals surface area contributed by atoms with Crippen molar-refractivity contribution in [1.82, 2.24) is 0 Å². The number of anilines is 2. The summed E-state index contributed by atoms with van der Waals surface area (Å²) in [5, 5.41) is 2.90. The number of rotatable bonds is 6. The van der Waals surface area contributed by atoms with Crippen molar-refractivity contribution in [3.8, 4) is 5.75 Å². The molecule has 0 unspecified atom stereocenters. The molecule has 0 saturated heterocycles. The number of ether oxygens (including phenoxy) is 1. The van der Waals surface area contributed by atoms with Gasteiger partial charge in [-0.3, -0.25) is 9.59 Å². The molecule has 0 saturated carbocycles. The van der Waals surface area contributed by atoms with Crippen LogP contribution in [0.4, 0.5) is 11.4 Å². The molecule has 0 bridgehead atoms. The van der Waals surface area contributed by atoms with Crippen molar-refractivity contribution in [3.63, 3.8) is 0 Å². The molecule has 3 aromatic rings. The lowest BCUT2D eigenvalue weighted by molar-refractivity contribution is -0.116. The van der Waals surface area contributed by atoms with Crippen LogP contribution < -0.4 is 15.0 Å². The molecule has 1 heterocycles. The van der Waals surface area contributed by atoms with Gasteiger partial charge in [-0.05, 0) is 66.4 Å². The maximum Gasteiger partial charge on any atom is 0.258 e. The molecule has 5 nitrogen and oxygen atoms in total. The standard InChI is InChI=1S/C25H24N2O3/c1-30-22-13-6-18(7-14-22)8-15-24(28)26-21-11-9-20(10-12-21)25(29)27-17-16-19-4-2-3-5-23(19)27/h2-7,9-14H,8,15-17H2,1H3,(H,26,28). The fraction of sp³-hybridized carbons (Fsp3) is 0.200. The second-order valence-corrected chi connectivity index (χ2v) is 7.31. The minimum atomic E-state index is -0.0571. The summed E-state index contributed by atoms with van der Waals surface area (Å²) in [5.74, 6) is 0.728. The highest BCUT2D eigenvalue weighted by Crippen LogP contribution is 2.29. The van der Waals surface area contributed by atoms with Gasteiger partial charge in [0.2, 0.25) is 5.91 Å². The largest absolute Gasteiger partial charge is 0.497 e. The van der Waals surface area contributed by atoms with E-state index in [9.17, 15) is 9.59 Å². The van der Waals surface area contributed by atoms with Crippen LogP contribution in [0.5, 0.6) is 5.75 Å². The number of methoxy groups -OCH3 is 1. The number of hydrogen-bond acceptors (Lipinski definition) is 3. The maximum atomic E-state index is 12.9. The molecule has 5 heteroatoms. The highest BCUT2D eigenvalue weighted by molar-refractivity contribution is 6.07. The fourth-order valence-corrected chi connectivity index (χ4v) is 3.67. The smallest absolute Gasteiger partial charge is 0.258 e. The number of hydrogen-bond donors (Lipinski definition) is 1. The minimum absolute atomic E-state index is 0.0164. The number of amides is 2. The molecule has 0 spiro atoms. The molecule has 0 aliphatic carbocycles. The number of fused-ring (bicyclic) bond motifs is 1. The Hall–Kier alpha value is -3.60. The number of carbonyl (C=O) groups is 2. The van der Waals surface area contributed by atoms with E-state index in [0.717, 1.165) is 23.4 Å². The SMILES string of the molecule is COc1ccc(CCC(=O)Nc2ccc(C(=O)N3CCc4ccccc43)cc2)cc1. The van der Waals surface area contributed by atoms with Crippen LogP contribution in [0.1, 0.15) is 27.9 Å². The van der Waals surface area contributed by atoms with Crippen molar-refractivity contribution in [2.75, 3.05) is 23.9 Å². The Morgan fingerprint density at radius 1 is 0.967 bits per heavy atom. The number of nitrogens with zero attached hydrogens (tertiary/aromatic N) is 1. The van der Waals surface area contributed by atoms with Crippen LogP contribution in [0.15, 0.2) is 72.8 Å². The topological polar surface area (TPSA) is 58.6 Å². The predicted molar refractivity (Wildman–Crippen MR) is 118 cm³/mol. The number of aryl methyl sites for hydroxylation is 1. The Bertz CT molecular complexity index is 1040. The first-order valence-corrected chi connectivity index (χ1v) is 10.1. The van der Waals surface area contributed by atoms with Crippen LogP contribution in [0, 0.1) is 0 Å². The monoisotopic (exact) mass is 400 g/mol. The number of carbonyl (C=O) groups excluding carboxylic acids is 2. The molecular weight excluding hydrogens is 376 g/mol. The Morgan fingerprint density at radius 3 is 2.43 bits per heavy atom. The zero-order chi connectivity index (χ0) is 20.9. The van der Waals surface area contributed by atoms with Crippen molar-refractivity contribution < 1.29 is 14.3 Å². The normalized spacial score (nSPS) is 12.4. The van der Waals surface area contributed by atoms with E-state index in [1.54, 1.807) is 31.4 Å². The van der Waals surface area contributed by atoms with E-state index in [2.05, 4.69) is 11.4 Å². The Balaban J connectivity index is 1.33. The van der Waals surface area contributed by atoms with Crippen LogP contribution in [0.25, 0.3) is 0 Å². The van der Waals surface area contributed by atoms with Crippen LogP contribution in [0.3, 0.4) is 0 Å². The van der Waals surface area contributed by atoms with Crippen molar-refractivity contribution in [1.29, 1.82) is 0 Å². The van der Waals surface area contributed by atoms with Crippen molar-refractivity contribution in [2.45, 2.75) is 19.3 Å². The van der Waals surface area contributed by atoms with E-state index in [0.29, 0.717) is 30.6 Å². The summed E-state index contributed by atoms with van der Waals surface area (Å²) in [6.45, 7) is 0.696. The maximum absolute atomic E-state index is 12.9. The Morgan fingerprint density at radius 2 is 1.70 bits per heavy atom. The van der Waals surface area contributed by atoms with Gasteiger partial charge in [-0.25, -0.2) is 0 Å². The van der Waals surface area contributed by atoms with Crippen LogP contribution >= 0.6 is 0 Å². The molecule has 0 fully saturated rings. The molecule has 1 N–H and O–H groups in total. The molecular formula is C25H24N2O3. The fourth-order valence-electron chi connectivity index (χ4n) is 3.67. The zero-order valence-corrected chi connectivity index (χ0v) is 16.9. The zero-order valence-electron chi connectivity index (χ0n) is 16.9. The summed E-state index contributed by atoms with van der Waals surface area (Å²) >= 11 is 0. The average molecular weight is 400 g/mol. The third-order valence-electron chi connectivity index (χ3n) is 5.35. The van der Waals surface area contributed by atoms with Gasteiger partial charge < -0.3 is 15.0 Å². The van der Waals surface area contributed by atoms with Gasteiger partial charge in [0.15, 0.2) is 0 Å². The summed E-state index contributed by atoms with van der Waals surface area (Å²) in [5.41, 5.74) is 4.57. The predicted octanol–water partition coefficient (Wildman–Crippen LogP) is 4.47. The van der Waals surface area contributed by atoms with E-state index < -0.39 is 0 Å². The second-order valence-electron chi connectivity index (χ2n) is 7.31. The highest BCUT2D eigenvalue weighted by atomic mass is 16.5. The minimum Gasteiger partial charge on any atom is -0.497 e. The van der Waals surface area contributed by atoms with Crippen LogP contribution in [-0.4, -0.2) is 25.5 Å². The molecule has 3 aromatic carbocycles. The number of para-hydroxylation sites is 1. The van der Waals surface area contributed by atoms with Gasteiger partial charge >= 0.3 is 0 Å². The quantitative estimate of drug-likeness (QED) is 0.664. The Labute approximate surface area is 176 Å². The van der Waals surface area contributed by atoms with E-state index in [-0.39, 0.29) is 11.8 Å². The highest BCUT2D eigenvalue weighted by Gasteiger charge is 2.24. The van der Waals surface area contributed by atoms with Gasteiger partial charge in [0.25, 0.3) is 5.91 Å². The van der Waals surface area contributed by atoms with Crippen molar-refractivity contribution >= 4 is 23.2 Å². The number of benzene rings is 3. The second kappa shape index (κ2) is 8.82. The molecule has 152 valence electrons. The van der Waals surface area contributed by atoms with Gasteiger partial charge in [-0.15, -0.1) is 0 Å². The molecule has 30 heavy (non-hydrogen) atoms. The van der Waals surface area contributed by atoms with Gasteiger partial charge in [0.05, 0.1) is 7.11 Å². The van der Waals surface area contributed by atoms with Crippen molar-refractivity contribution in [2.24, 2.45) is 0 Å². The third kappa shape index (κ3) is 4.35. The van der Waals surface area contributed by atoms with E-state index >= 15 is 0 Å². The molecule has 4 rings (SSSR count). The van der Waals surface area contributed by atoms with Crippen molar-refractivity contribution in [3.05, 3.63) is 89.5 Å². The van der Waals surface area contributed by atoms with E-state index in [4.69, 9.17) is 4.74 Å². The molecule has 0 aromatic heterocycles. The number of nitrogens with one attached hydrogen (secondary N) is 1. The molecule has 0 atom stereocenters. The first-order valence-electron chi connectivity index (χ1n) is 10.1. The molecule has 2 amide bonds. The summed E-state index contributed by atoms with van der Waals surface area (Å²) in [7, 11) is 1.63. The van der Waals surface area contributed by atoms with Gasteiger partial charge in [-0.2, -0.15) is 0 Å². The summed E-state index contributed by atoms with van der Waals surface area (Å²) in [4.78, 5) is 27.0. The molecule has 0 radical (unpaired) electrons. The lowest BCUT2D eigenvalue weighted by atomic mass is 10.1. The van der Waals surface area contributed by atoms with Gasteiger partial charge in [0, 0.05) is 29.9 Å². The van der Waals surface area contributed by atoms with Gasteiger partial charge in [-0.1, -0.05) is 30.3 Å². The van der Waals surface area contributed by atoms with Crippen LogP contribution in [-0.2, 0) is 17.6 Å². The summed E-state index contributed by atoms with van der Waals surface area (Å²) in [6.07, 6.45) is 1.92. The first kappa shape index (κ1) is 19.7. The summed E-state index contributed by atoms with van der Waals surface area (Å²) < 4.78 is 5.14. The third-order valence-corrected chi connectivity index (χ3v) is 5.35. The molecule has 1 aliphatic heterocycles. The summed E-state index contributed by atoms with van der Waals surface area (Å²) in [6, 6.07) is 22.8. The lowest BCUT2D eigenvalue weighted by Gasteiger charge is -2.17. The Kier molecular flexibility index (Phi) is 5.80. The van der Waals surface area contributed by atoms with Gasteiger partial charge in [0.1, 0.15) is 5.75 Å². The first-order chi connectivity index (χ1) is 14.6.